The maximum Gasteiger partial charge on any atom is 0.272 e. The number of rotatable bonds is 11. The van der Waals surface area contributed by atoms with Gasteiger partial charge in [0.2, 0.25) is 5.91 Å². The van der Waals surface area contributed by atoms with E-state index in [1.165, 1.54) is 11.8 Å². The summed E-state index contributed by atoms with van der Waals surface area (Å²) in [5, 5.41) is 7.78. The number of fused-ring (bicyclic) bond motifs is 3. The molecule has 0 saturated carbocycles. The SMILES string of the molecule is O=C(Nc1cccc(SCC(=O)n2c3ccccc3c3ccccc32)c1)/C(=C\c1ccc(OCc2ccccc2)cc1)NC(=O)c1ccccc1. The van der Waals surface area contributed by atoms with Gasteiger partial charge in [0.1, 0.15) is 18.1 Å². The van der Waals surface area contributed by atoms with Crippen LogP contribution in [0, 0.1) is 0 Å². The van der Waals surface area contributed by atoms with Crippen LogP contribution in [-0.4, -0.2) is 28.0 Å². The van der Waals surface area contributed by atoms with Crippen molar-refractivity contribution in [1.29, 1.82) is 0 Å². The number of hydrogen-bond acceptors (Lipinski definition) is 5. The van der Waals surface area contributed by atoms with Crippen molar-refractivity contribution in [3.63, 3.8) is 0 Å². The summed E-state index contributed by atoms with van der Waals surface area (Å²) >= 11 is 1.39. The van der Waals surface area contributed by atoms with E-state index in [9.17, 15) is 14.4 Å². The molecule has 250 valence electrons. The number of carbonyl (C=O) groups is 3. The predicted octanol–water partition coefficient (Wildman–Crippen LogP) is 9.22. The first kappa shape index (κ1) is 33.1. The monoisotopic (exact) mass is 687 g/mol. The van der Waals surface area contributed by atoms with E-state index in [0.29, 0.717) is 29.2 Å². The summed E-state index contributed by atoms with van der Waals surface area (Å²) in [6.45, 7) is 0.433. The van der Waals surface area contributed by atoms with Crippen molar-refractivity contribution in [3.05, 3.63) is 180 Å². The number of thioether (sulfide) groups is 1. The minimum atomic E-state index is -0.493. The molecule has 2 amide bonds. The van der Waals surface area contributed by atoms with Gasteiger partial charge in [0.05, 0.1) is 16.8 Å². The smallest absolute Gasteiger partial charge is 0.272 e. The molecule has 0 radical (unpaired) electrons. The largest absolute Gasteiger partial charge is 0.489 e. The minimum Gasteiger partial charge on any atom is -0.489 e. The Hall–Kier alpha value is -6.38. The maximum atomic E-state index is 13.7. The highest BCUT2D eigenvalue weighted by molar-refractivity contribution is 8.00. The molecule has 0 unspecified atom stereocenters. The molecule has 6 aromatic carbocycles. The van der Waals surface area contributed by atoms with Crippen molar-refractivity contribution in [1.82, 2.24) is 9.88 Å². The van der Waals surface area contributed by atoms with Gasteiger partial charge in [0.25, 0.3) is 11.8 Å². The van der Waals surface area contributed by atoms with Crippen LogP contribution in [0.1, 0.15) is 26.3 Å². The van der Waals surface area contributed by atoms with Gasteiger partial charge >= 0.3 is 0 Å². The van der Waals surface area contributed by atoms with E-state index in [2.05, 4.69) is 10.6 Å². The molecule has 51 heavy (non-hydrogen) atoms. The van der Waals surface area contributed by atoms with Crippen LogP contribution in [0.15, 0.2) is 168 Å². The van der Waals surface area contributed by atoms with Crippen molar-refractivity contribution < 1.29 is 19.1 Å². The number of benzene rings is 6. The number of anilines is 1. The van der Waals surface area contributed by atoms with E-state index in [1.807, 2.05) is 127 Å². The van der Waals surface area contributed by atoms with E-state index < -0.39 is 11.8 Å². The standard InChI is InChI=1S/C43H33N3O4S/c47-41(46-39-20-9-7-18-36(39)37-19-8-10-21-40(37)46)29-51-35-17-11-16-33(27-35)44-43(49)38(45-42(48)32-14-5-2-6-15-32)26-30-22-24-34(25-23-30)50-28-31-12-3-1-4-13-31/h1-27H,28-29H2,(H,44,49)(H,45,48)/b38-26+. The van der Waals surface area contributed by atoms with E-state index in [-0.39, 0.29) is 17.4 Å². The van der Waals surface area contributed by atoms with Gasteiger partial charge in [-0.2, -0.15) is 0 Å². The highest BCUT2D eigenvalue weighted by Gasteiger charge is 2.17. The normalized spacial score (nSPS) is 11.3. The molecule has 0 aliphatic rings. The molecule has 0 fully saturated rings. The summed E-state index contributed by atoms with van der Waals surface area (Å²) < 4.78 is 7.69. The van der Waals surface area contributed by atoms with Crippen LogP contribution >= 0.6 is 11.8 Å². The summed E-state index contributed by atoms with van der Waals surface area (Å²) in [6, 6.07) is 49.0. The molecule has 0 aliphatic heterocycles. The van der Waals surface area contributed by atoms with Gasteiger partial charge in [-0.1, -0.05) is 103 Å². The number of nitrogens with zero attached hydrogens (tertiary/aromatic N) is 1. The molecule has 0 bridgehead atoms. The number of ether oxygens (including phenoxy) is 1. The van der Waals surface area contributed by atoms with Crippen molar-refractivity contribution in [2.24, 2.45) is 0 Å². The molecule has 0 spiro atoms. The summed E-state index contributed by atoms with van der Waals surface area (Å²) in [4.78, 5) is 41.3. The van der Waals surface area contributed by atoms with E-state index in [0.717, 1.165) is 32.3 Å². The number of aromatic nitrogens is 1. The number of carbonyl (C=O) groups excluding carboxylic acids is 3. The first-order chi connectivity index (χ1) is 25.0. The Balaban J connectivity index is 1.06. The number of hydrogen-bond donors (Lipinski definition) is 2. The Kier molecular flexibility index (Phi) is 10.0. The van der Waals surface area contributed by atoms with Gasteiger partial charge in [0, 0.05) is 26.9 Å². The lowest BCUT2D eigenvalue weighted by molar-refractivity contribution is -0.113. The third kappa shape index (κ3) is 7.93. The van der Waals surface area contributed by atoms with Crippen LogP contribution < -0.4 is 15.4 Å². The summed E-state index contributed by atoms with van der Waals surface area (Å²) in [5.74, 6) is -0.0676. The molecular weight excluding hydrogens is 655 g/mol. The van der Waals surface area contributed by atoms with Crippen LogP contribution in [0.2, 0.25) is 0 Å². The van der Waals surface area contributed by atoms with Gasteiger partial charge in [-0.3, -0.25) is 19.0 Å². The molecule has 7 nitrogen and oxygen atoms in total. The Morgan fingerprint density at radius 3 is 1.98 bits per heavy atom. The fourth-order valence-electron chi connectivity index (χ4n) is 5.77. The molecule has 0 saturated heterocycles. The molecular formula is C43H33N3O4S. The minimum absolute atomic E-state index is 0.0443. The molecule has 2 N–H and O–H groups in total. The molecule has 1 aromatic heterocycles. The topological polar surface area (TPSA) is 89.4 Å². The van der Waals surface area contributed by atoms with Gasteiger partial charge in [0.15, 0.2) is 0 Å². The van der Waals surface area contributed by atoms with Gasteiger partial charge in [-0.05, 0) is 71.8 Å². The molecule has 1 heterocycles. The average Bonchev–Trinajstić information content (AvgIpc) is 3.52. The zero-order chi connectivity index (χ0) is 35.0. The number of amides is 2. The predicted molar refractivity (Wildman–Crippen MR) is 205 cm³/mol. The Morgan fingerprint density at radius 1 is 0.667 bits per heavy atom. The van der Waals surface area contributed by atoms with Crippen LogP contribution in [0.5, 0.6) is 5.75 Å². The molecule has 8 heteroatoms. The third-order valence-corrected chi connectivity index (χ3v) is 9.23. The molecule has 7 rings (SSSR count). The third-order valence-electron chi connectivity index (χ3n) is 8.25. The lowest BCUT2D eigenvalue weighted by Crippen LogP contribution is -2.30. The van der Waals surface area contributed by atoms with Crippen molar-refractivity contribution in [2.75, 3.05) is 11.1 Å². The maximum absolute atomic E-state index is 13.7. The number of nitrogens with one attached hydrogen (secondary N) is 2. The highest BCUT2D eigenvalue weighted by Crippen LogP contribution is 2.30. The Bertz CT molecular complexity index is 2320. The molecule has 7 aromatic rings. The van der Waals surface area contributed by atoms with Gasteiger partial charge in [-0.15, -0.1) is 11.8 Å². The van der Waals surface area contributed by atoms with E-state index >= 15 is 0 Å². The first-order valence-electron chi connectivity index (χ1n) is 16.4. The summed E-state index contributed by atoms with van der Waals surface area (Å²) in [5.41, 5.74) is 4.52. The summed E-state index contributed by atoms with van der Waals surface area (Å²) in [6.07, 6.45) is 1.63. The van der Waals surface area contributed by atoms with Crippen molar-refractivity contribution in [3.8, 4) is 5.75 Å². The Morgan fingerprint density at radius 2 is 1.29 bits per heavy atom. The lowest BCUT2D eigenvalue weighted by atomic mass is 10.1. The van der Waals surface area contributed by atoms with Gasteiger partial charge < -0.3 is 15.4 Å². The van der Waals surface area contributed by atoms with Crippen LogP contribution in [-0.2, 0) is 11.4 Å². The average molecular weight is 688 g/mol. The van der Waals surface area contributed by atoms with Crippen LogP contribution in [0.3, 0.4) is 0 Å². The second-order valence-corrected chi connectivity index (χ2v) is 12.8. The zero-order valence-corrected chi connectivity index (χ0v) is 28.3. The van der Waals surface area contributed by atoms with Crippen molar-refractivity contribution >= 4 is 63.1 Å². The van der Waals surface area contributed by atoms with Crippen molar-refractivity contribution in [2.45, 2.75) is 11.5 Å². The first-order valence-corrected chi connectivity index (χ1v) is 17.4. The second kappa shape index (κ2) is 15.4. The number of para-hydroxylation sites is 2. The highest BCUT2D eigenvalue weighted by atomic mass is 32.2. The summed E-state index contributed by atoms with van der Waals surface area (Å²) in [7, 11) is 0. The molecule has 0 aliphatic carbocycles. The van der Waals surface area contributed by atoms with Gasteiger partial charge in [-0.25, -0.2) is 0 Å². The lowest BCUT2D eigenvalue weighted by Gasteiger charge is -2.13. The fraction of sp³-hybridized carbons (Fsp3) is 0.0465. The zero-order valence-electron chi connectivity index (χ0n) is 27.5. The van der Waals surface area contributed by atoms with Crippen LogP contribution in [0.25, 0.3) is 27.9 Å². The van der Waals surface area contributed by atoms with E-state index in [4.69, 9.17) is 4.74 Å². The Labute approximate surface area is 299 Å². The quantitative estimate of drug-likeness (QED) is 0.105. The van der Waals surface area contributed by atoms with E-state index in [1.54, 1.807) is 41.0 Å². The van der Waals surface area contributed by atoms with Crippen LogP contribution in [0.4, 0.5) is 5.69 Å². The molecule has 0 atom stereocenters. The second-order valence-electron chi connectivity index (χ2n) is 11.8. The fourth-order valence-corrected chi connectivity index (χ4v) is 6.58.